The number of carbonyl (C=O) groups excluding carboxylic acids is 1. The zero-order valence-electron chi connectivity index (χ0n) is 14.3. The maximum absolute atomic E-state index is 12.3. The number of benzene rings is 2. The second kappa shape index (κ2) is 8.03. The first-order chi connectivity index (χ1) is 12.2. The summed E-state index contributed by atoms with van der Waals surface area (Å²) in [5, 5.41) is 15.4. The van der Waals surface area contributed by atoms with Crippen molar-refractivity contribution in [3.63, 3.8) is 0 Å². The summed E-state index contributed by atoms with van der Waals surface area (Å²) < 4.78 is 5.68. The average Bonchev–Trinajstić information content (AvgIpc) is 3.06. The smallest absolute Gasteiger partial charge is 0.315 e. The monoisotopic (exact) mass is 340 g/mol. The van der Waals surface area contributed by atoms with Crippen LogP contribution in [0.2, 0.25) is 0 Å². The van der Waals surface area contributed by atoms with Gasteiger partial charge in [-0.1, -0.05) is 48.5 Å². The maximum atomic E-state index is 12.3. The van der Waals surface area contributed by atoms with Crippen molar-refractivity contribution in [2.45, 2.75) is 31.3 Å². The minimum atomic E-state index is -0.318. The van der Waals surface area contributed by atoms with E-state index in [4.69, 9.17) is 4.74 Å². The third-order valence-electron chi connectivity index (χ3n) is 4.58. The number of para-hydroxylation sites is 1. The number of fused-ring (bicyclic) bond motifs is 1. The lowest BCUT2D eigenvalue weighted by Crippen LogP contribution is -2.49. The molecule has 0 bridgehead atoms. The number of aliphatic hydroxyl groups excluding tert-OH is 1. The van der Waals surface area contributed by atoms with Crippen molar-refractivity contribution in [2.75, 3.05) is 13.2 Å². The molecule has 2 aromatic rings. The van der Waals surface area contributed by atoms with Crippen LogP contribution in [0.4, 0.5) is 4.79 Å². The Labute approximate surface area is 148 Å². The summed E-state index contributed by atoms with van der Waals surface area (Å²) in [5.74, 6) is 1.02. The highest BCUT2D eigenvalue weighted by Crippen LogP contribution is 2.35. The van der Waals surface area contributed by atoms with E-state index in [-0.39, 0.29) is 30.6 Å². The quantitative estimate of drug-likeness (QED) is 0.756. The molecular formula is C20H24N2O3. The van der Waals surface area contributed by atoms with Gasteiger partial charge in [0, 0.05) is 17.5 Å². The van der Waals surface area contributed by atoms with Gasteiger partial charge in [-0.05, 0) is 25.0 Å². The molecule has 0 fully saturated rings. The van der Waals surface area contributed by atoms with Crippen LogP contribution in [-0.4, -0.2) is 36.4 Å². The standard InChI is InChI=1S/C20H24N2O3/c1-14(18-13-25-19-10-6-5-9-17(18)19)21-20(24)22-16(12-23)11-15-7-3-2-4-8-15/h2-10,14,16,18,23H,11-13H2,1H3,(H2,21,22,24)/t14?,16-,18?/m0/s1. The van der Waals surface area contributed by atoms with Crippen molar-refractivity contribution in [3.05, 3.63) is 65.7 Å². The molecule has 0 saturated heterocycles. The molecule has 0 radical (unpaired) electrons. The largest absolute Gasteiger partial charge is 0.493 e. The van der Waals surface area contributed by atoms with Crippen LogP contribution in [0.3, 0.4) is 0 Å². The molecule has 5 heteroatoms. The Bertz CT molecular complexity index is 705. The van der Waals surface area contributed by atoms with Crippen LogP contribution in [0.25, 0.3) is 0 Å². The normalized spacial score (nSPS) is 17.9. The van der Waals surface area contributed by atoms with Gasteiger partial charge in [0.05, 0.1) is 19.3 Å². The second-order valence-electron chi connectivity index (χ2n) is 6.43. The number of aliphatic hydroxyl groups is 1. The van der Waals surface area contributed by atoms with E-state index in [1.165, 1.54) is 0 Å². The number of nitrogens with one attached hydrogen (secondary N) is 2. The Kier molecular flexibility index (Phi) is 5.56. The van der Waals surface area contributed by atoms with Gasteiger partial charge in [0.25, 0.3) is 0 Å². The predicted molar refractivity (Wildman–Crippen MR) is 96.8 cm³/mol. The molecule has 0 spiro atoms. The Morgan fingerprint density at radius 1 is 1.16 bits per heavy atom. The van der Waals surface area contributed by atoms with Crippen molar-refractivity contribution in [2.24, 2.45) is 0 Å². The molecular weight excluding hydrogens is 316 g/mol. The first-order valence-corrected chi connectivity index (χ1v) is 8.61. The molecule has 1 aliphatic rings. The molecule has 2 unspecified atom stereocenters. The molecule has 1 heterocycles. The molecule has 2 aromatic carbocycles. The van der Waals surface area contributed by atoms with Gasteiger partial charge in [-0.2, -0.15) is 0 Å². The third kappa shape index (κ3) is 4.31. The maximum Gasteiger partial charge on any atom is 0.315 e. The predicted octanol–water partition coefficient (Wildman–Crippen LogP) is 2.45. The van der Waals surface area contributed by atoms with E-state index in [1.54, 1.807) is 0 Å². The van der Waals surface area contributed by atoms with Gasteiger partial charge >= 0.3 is 6.03 Å². The number of hydrogen-bond donors (Lipinski definition) is 3. The molecule has 132 valence electrons. The fourth-order valence-electron chi connectivity index (χ4n) is 3.20. The van der Waals surface area contributed by atoms with E-state index in [0.717, 1.165) is 16.9 Å². The summed E-state index contributed by atoms with van der Waals surface area (Å²) >= 11 is 0. The molecule has 1 aliphatic heterocycles. The van der Waals surface area contributed by atoms with Crippen molar-refractivity contribution in [1.29, 1.82) is 0 Å². The SMILES string of the molecule is CC(NC(=O)N[C@H](CO)Cc1ccccc1)C1COc2ccccc21. The Balaban J connectivity index is 1.55. The highest BCUT2D eigenvalue weighted by molar-refractivity contribution is 5.74. The van der Waals surface area contributed by atoms with E-state index in [1.807, 2.05) is 61.5 Å². The fourth-order valence-corrected chi connectivity index (χ4v) is 3.20. The highest BCUT2D eigenvalue weighted by Gasteiger charge is 2.29. The second-order valence-corrected chi connectivity index (χ2v) is 6.43. The van der Waals surface area contributed by atoms with Gasteiger partial charge in [-0.3, -0.25) is 0 Å². The van der Waals surface area contributed by atoms with E-state index < -0.39 is 0 Å². The van der Waals surface area contributed by atoms with Gasteiger partial charge in [0.15, 0.2) is 0 Å². The average molecular weight is 340 g/mol. The van der Waals surface area contributed by atoms with Crippen LogP contribution in [0.5, 0.6) is 5.75 Å². The van der Waals surface area contributed by atoms with Gasteiger partial charge in [0.1, 0.15) is 5.75 Å². The molecule has 2 amide bonds. The van der Waals surface area contributed by atoms with E-state index in [0.29, 0.717) is 13.0 Å². The molecule has 25 heavy (non-hydrogen) atoms. The van der Waals surface area contributed by atoms with Crippen LogP contribution < -0.4 is 15.4 Å². The summed E-state index contributed by atoms with van der Waals surface area (Å²) in [6, 6.07) is 17.1. The van der Waals surface area contributed by atoms with Gasteiger partial charge in [-0.15, -0.1) is 0 Å². The lowest BCUT2D eigenvalue weighted by Gasteiger charge is -2.23. The van der Waals surface area contributed by atoms with Gasteiger partial charge in [-0.25, -0.2) is 4.79 Å². The Hall–Kier alpha value is -2.53. The fraction of sp³-hybridized carbons (Fsp3) is 0.350. The van der Waals surface area contributed by atoms with Crippen molar-refractivity contribution >= 4 is 6.03 Å². The number of amides is 2. The Morgan fingerprint density at radius 2 is 1.88 bits per heavy atom. The minimum absolute atomic E-state index is 0.0697. The summed E-state index contributed by atoms with van der Waals surface area (Å²) in [4.78, 5) is 12.3. The topological polar surface area (TPSA) is 70.6 Å². The number of hydrogen-bond acceptors (Lipinski definition) is 3. The molecule has 5 nitrogen and oxygen atoms in total. The first kappa shape index (κ1) is 17.3. The molecule has 3 N–H and O–H groups in total. The van der Waals surface area contributed by atoms with Crippen LogP contribution in [0.15, 0.2) is 54.6 Å². The molecule has 0 saturated carbocycles. The van der Waals surface area contributed by atoms with Gasteiger partial charge < -0.3 is 20.5 Å². The van der Waals surface area contributed by atoms with E-state index in [9.17, 15) is 9.90 Å². The zero-order chi connectivity index (χ0) is 17.6. The molecule has 3 rings (SSSR count). The molecule has 0 aromatic heterocycles. The van der Waals surface area contributed by atoms with E-state index in [2.05, 4.69) is 10.6 Å². The van der Waals surface area contributed by atoms with Crippen LogP contribution in [-0.2, 0) is 6.42 Å². The number of urea groups is 1. The summed E-state index contributed by atoms with van der Waals surface area (Å²) in [6.45, 7) is 2.43. The van der Waals surface area contributed by atoms with Crippen molar-refractivity contribution < 1.29 is 14.6 Å². The number of ether oxygens (including phenoxy) is 1. The minimum Gasteiger partial charge on any atom is -0.493 e. The van der Waals surface area contributed by atoms with Crippen LogP contribution in [0.1, 0.15) is 24.0 Å². The van der Waals surface area contributed by atoms with Gasteiger partial charge in [0.2, 0.25) is 0 Å². The lowest BCUT2D eigenvalue weighted by molar-refractivity contribution is 0.211. The van der Waals surface area contributed by atoms with Crippen molar-refractivity contribution in [3.8, 4) is 5.75 Å². The van der Waals surface area contributed by atoms with Crippen molar-refractivity contribution in [1.82, 2.24) is 10.6 Å². The van der Waals surface area contributed by atoms with E-state index >= 15 is 0 Å². The number of carbonyl (C=O) groups is 1. The zero-order valence-corrected chi connectivity index (χ0v) is 14.3. The molecule has 0 aliphatic carbocycles. The van der Waals surface area contributed by atoms with Crippen LogP contribution >= 0.6 is 0 Å². The summed E-state index contributed by atoms with van der Waals surface area (Å²) in [7, 11) is 0. The first-order valence-electron chi connectivity index (χ1n) is 8.61. The van der Waals surface area contributed by atoms with Crippen LogP contribution in [0, 0.1) is 0 Å². The molecule has 3 atom stereocenters. The lowest BCUT2D eigenvalue weighted by atomic mass is 9.94. The third-order valence-corrected chi connectivity index (χ3v) is 4.58. The number of rotatable bonds is 6. The Morgan fingerprint density at radius 3 is 2.64 bits per heavy atom. The summed E-state index contributed by atoms with van der Waals surface area (Å²) in [5.41, 5.74) is 2.20. The summed E-state index contributed by atoms with van der Waals surface area (Å²) in [6.07, 6.45) is 0.592. The highest BCUT2D eigenvalue weighted by atomic mass is 16.5.